The van der Waals surface area contributed by atoms with Crippen LogP contribution in [0, 0.1) is 0 Å². The molecule has 0 aliphatic heterocycles. The van der Waals surface area contributed by atoms with Gasteiger partial charge in [0, 0.05) is 23.9 Å². The Morgan fingerprint density at radius 2 is 2.06 bits per heavy atom. The lowest BCUT2D eigenvalue weighted by Crippen LogP contribution is -2.22. The SMILES string of the molecule is O=C(NCc1cn[nH]c1)c1ccc(CO)cc1. The summed E-state index contributed by atoms with van der Waals surface area (Å²) in [6, 6.07) is 6.84. The molecule has 1 aromatic carbocycles. The van der Waals surface area contributed by atoms with Gasteiger partial charge in [0.25, 0.3) is 5.91 Å². The van der Waals surface area contributed by atoms with Gasteiger partial charge in [0.1, 0.15) is 0 Å². The third kappa shape index (κ3) is 2.92. The first-order valence-electron chi connectivity index (χ1n) is 5.25. The second kappa shape index (κ2) is 5.27. The van der Waals surface area contributed by atoms with Gasteiger partial charge in [-0.25, -0.2) is 0 Å². The molecule has 3 N–H and O–H groups in total. The van der Waals surface area contributed by atoms with Crippen molar-refractivity contribution in [2.45, 2.75) is 13.2 Å². The zero-order valence-corrected chi connectivity index (χ0v) is 9.18. The number of aromatic nitrogens is 2. The minimum absolute atomic E-state index is 0.0169. The quantitative estimate of drug-likeness (QED) is 0.729. The lowest BCUT2D eigenvalue weighted by molar-refractivity contribution is 0.0951. The average molecular weight is 231 g/mol. The molecule has 17 heavy (non-hydrogen) atoms. The van der Waals surface area contributed by atoms with E-state index in [-0.39, 0.29) is 12.5 Å². The van der Waals surface area contributed by atoms with Crippen LogP contribution >= 0.6 is 0 Å². The van der Waals surface area contributed by atoms with E-state index < -0.39 is 0 Å². The molecule has 88 valence electrons. The van der Waals surface area contributed by atoms with Gasteiger partial charge in [-0.1, -0.05) is 12.1 Å². The third-order valence-electron chi connectivity index (χ3n) is 2.41. The molecule has 0 radical (unpaired) electrons. The zero-order chi connectivity index (χ0) is 12.1. The Morgan fingerprint density at radius 1 is 1.29 bits per heavy atom. The van der Waals surface area contributed by atoms with Crippen molar-refractivity contribution in [3.63, 3.8) is 0 Å². The molecule has 0 atom stereocenters. The Morgan fingerprint density at radius 3 is 2.65 bits per heavy atom. The van der Waals surface area contributed by atoms with E-state index in [2.05, 4.69) is 15.5 Å². The van der Waals surface area contributed by atoms with Gasteiger partial charge in [-0.15, -0.1) is 0 Å². The van der Waals surface area contributed by atoms with Crippen LogP contribution in [0.1, 0.15) is 21.5 Å². The number of aromatic amines is 1. The smallest absolute Gasteiger partial charge is 0.251 e. The van der Waals surface area contributed by atoms with Gasteiger partial charge in [-0.2, -0.15) is 5.10 Å². The molecule has 0 aliphatic carbocycles. The van der Waals surface area contributed by atoms with Crippen LogP contribution in [0.4, 0.5) is 0 Å². The number of nitrogens with zero attached hydrogens (tertiary/aromatic N) is 1. The first-order valence-corrected chi connectivity index (χ1v) is 5.25. The number of aliphatic hydroxyl groups excluding tert-OH is 1. The molecule has 2 aromatic rings. The molecule has 0 saturated heterocycles. The minimum Gasteiger partial charge on any atom is -0.392 e. The zero-order valence-electron chi connectivity index (χ0n) is 9.18. The van der Waals surface area contributed by atoms with Crippen molar-refractivity contribution in [3.8, 4) is 0 Å². The van der Waals surface area contributed by atoms with Crippen LogP contribution in [0.15, 0.2) is 36.7 Å². The van der Waals surface area contributed by atoms with Crippen LogP contribution < -0.4 is 5.32 Å². The number of rotatable bonds is 4. The summed E-state index contributed by atoms with van der Waals surface area (Å²) in [6.45, 7) is 0.425. The van der Waals surface area contributed by atoms with E-state index in [0.29, 0.717) is 12.1 Å². The van der Waals surface area contributed by atoms with E-state index in [4.69, 9.17) is 5.11 Å². The first kappa shape index (κ1) is 11.3. The molecule has 0 saturated carbocycles. The summed E-state index contributed by atoms with van der Waals surface area (Å²) in [6.07, 6.45) is 3.39. The van der Waals surface area contributed by atoms with Crippen molar-refractivity contribution in [2.24, 2.45) is 0 Å². The number of H-pyrrole nitrogens is 1. The van der Waals surface area contributed by atoms with E-state index in [0.717, 1.165) is 11.1 Å². The van der Waals surface area contributed by atoms with Gasteiger partial charge in [0.05, 0.1) is 12.8 Å². The summed E-state index contributed by atoms with van der Waals surface area (Å²) < 4.78 is 0. The van der Waals surface area contributed by atoms with Gasteiger partial charge in [0.15, 0.2) is 0 Å². The minimum atomic E-state index is -0.143. The maximum Gasteiger partial charge on any atom is 0.251 e. The summed E-state index contributed by atoms with van der Waals surface area (Å²) >= 11 is 0. The summed E-state index contributed by atoms with van der Waals surface area (Å²) in [4.78, 5) is 11.7. The van der Waals surface area contributed by atoms with Crippen molar-refractivity contribution in [1.29, 1.82) is 0 Å². The molecule has 1 aromatic heterocycles. The first-order chi connectivity index (χ1) is 8.29. The largest absolute Gasteiger partial charge is 0.392 e. The number of amides is 1. The van der Waals surface area contributed by atoms with Crippen molar-refractivity contribution in [1.82, 2.24) is 15.5 Å². The maximum absolute atomic E-state index is 11.7. The molecule has 0 bridgehead atoms. The van der Waals surface area contributed by atoms with Crippen LogP contribution in [0.5, 0.6) is 0 Å². The van der Waals surface area contributed by atoms with Crippen LogP contribution in [0.3, 0.4) is 0 Å². The van der Waals surface area contributed by atoms with Gasteiger partial charge < -0.3 is 10.4 Å². The fraction of sp³-hybridized carbons (Fsp3) is 0.167. The molecular weight excluding hydrogens is 218 g/mol. The van der Waals surface area contributed by atoms with Gasteiger partial charge in [-0.3, -0.25) is 9.89 Å². The number of hydrogen-bond donors (Lipinski definition) is 3. The van der Waals surface area contributed by atoms with E-state index >= 15 is 0 Å². The molecule has 1 heterocycles. The topological polar surface area (TPSA) is 78.0 Å². The maximum atomic E-state index is 11.7. The second-order valence-electron chi connectivity index (χ2n) is 3.64. The van der Waals surface area contributed by atoms with Crippen molar-refractivity contribution in [3.05, 3.63) is 53.3 Å². The molecule has 5 heteroatoms. The lowest BCUT2D eigenvalue weighted by atomic mass is 10.1. The predicted octanol–water partition coefficient (Wildman–Crippen LogP) is 0.832. The van der Waals surface area contributed by atoms with Crippen LogP contribution in [0.2, 0.25) is 0 Å². The molecule has 2 rings (SSSR count). The fourth-order valence-corrected chi connectivity index (χ4v) is 1.42. The van der Waals surface area contributed by atoms with E-state index in [9.17, 15) is 4.79 Å². The highest BCUT2D eigenvalue weighted by Crippen LogP contribution is 2.04. The number of carbonyl (C=O) groups is 1. The Kier molecular flexibility index (Phi) is 3.52. The average Bonchev–Trinajstić information content (AvgIpc) is 2.89. The van der Waals surface area contributed by atoms with Crippen molar-refractivity contribution < 1.29 is 9.90 Å². The standard InChI is InChI=1S/C12H13N3O2/c16-8-9-1-3-11(4-2-9)12(17)13-5-10-6-14-15-7-10/h1-4,6-7,16H,5,8H2,(H,13,17)(H,14,15). The molecule has 0 aliphatic rings. The van der Waals surface area contributed by atoms with Gasteiger partial charge in [0.2, 0.25) is 0 Å². The van der Waals surface area contributed by atoms with Crippen LogP contribution in [-0.2, 0) is 13.2 Å². The Labute approximate surface area is 98.5 Å². The summed E-state index contributed by atoms with van der Waals surface area (Å²) in [5.74, 6) is -0.143. The summed E-state index contributed by atoms with van der Waals surface area (Å²) in [5, 5.41) is 18.1. The Bertz CT molecular complexity index is 477. The predicted molar refractivity (Wildman–Crippen MR) is 62.1 cm³/mol. The van der Waals surface area contributed by atoms with Gasteiger partial charge in [-0.05, 0) is 17.7 Å². The second-order valence-corrected chi connectivity index (χ2v) is 3.64. The van der Waals surface area contributed by atoms with Crippen LogP contribution in [-0.4, -0.2) is 21.2 Å². The van der Waals surface area contributed by atoms with Crippen LogP contribution in [0.25, 0.3) is 0 Å². The molecule has 0 fully saturated rings. The normalized spacial score (nSPS) is 10.2. The monoisotopic (exact) mass is 231 g/mol. The molecular formula is C12H13N3O2. The third-order valence-corrected chi connectivity index (χ3v) is 2.41. The summed E-state index contributed by atoms with van der Waals surface area (Å²) in [5.41, 5.74) is 2.28. The van der Waals surface area contributed by atoms with E-state index in [1.807, 2.05) is 0 Å². The highest BCUT2D eigenvalue weighted by molar-refractivity contribution is 5.94. The highest BCUT2D eigenvalue weighted by atomic mass is 16.3. The number of aliphatic hydroxyl groups is 1. The number of nitrogens with one attached hydrogen (secondary N) is 2. The summed E-state index contributed by atoms with van der Waals surface area (Å²) in [7, 11) is 0. The molecule has 1 amide bonds. The molecule has 5 nitrogen and oxygen atoms in total. The highest BCUT2D eigenvalue weighted by Gasteiger charge is 2.05. The Balaban J connectivity index is 1.95. The van der Waals surface area contributed by atoms with Gasteiger partial charge >= 0.3 is 0 Å². The Hall–Kier alpha value is -2.14. The fourth-order valence-electron chi connectivity index (χ4n) is 1.42. The van der Waals surface area contributed by atoms with E-state index in [1.165, 1.54) is 0 Å². The molecule has 0 unspecified atom stereocenters. The number of carbonyl (C=O) groups excluding carboxylic acids is 1. The number of benzene rings is 1. The van der Waals surface area contributed by atoms with E-state index in [1.54, 1.807) is 36.7 Å². The lowest BCUT2D eigenvalue weighted by Gasteiger charge is -2.04. The number of hydrogen-bond acceptors (Lipinski definition) is 3. The van der Waals surface area contributed by atoms with Crippen molar-refractivity contribution >= 4 is 5.91 Å². The van der Waals surface area contributed by atoms with Crippen molar-refractivity contribution in [2.75, 3.05) is 0 Å². The molecule has 0 spiro atoms.